The molecule has 6 heterocycles. The van der Waals surface area contributed by atoms with Crippen LogP contribution in [0.1, 0.15) is 101 Å². The molecule has 0 radical (unpaired) electrons. The zero-order chi connectivity index (χ0) is 30.7. The van der Waals surface area contributed by atoms with Crippen LogP contribution in [0.2, 0.25) is 0 Å². The van der Waals surface area contributed by atoms with Gasteiger partial charge < -0.3 is 34.0 Å². The van der Waals surface area contributed by atoms with Crippen LogP contribution in [0, 0.1) is 0 Å². The Morgan fingerprint density at radius 1 is 0.319 bits per heavy atom. The van der Waals surface area contributed by atoms with Crippen molar-refractivity contribution >= 4 is 11.8 Å². The van der Waals surface area contributed by atoms with Gasteiger partial charge in [0.1, 0.15) is 0 Å². The van der Waals surface area contributed by atoms with Gasteiger partial charge in [-0.15, -0.1) is 0 Å². The maximum atomic E-state index is 5.10. The summed E-state index contributed by atoms with van der Waals surface area (Å²) >= 11 is 2.06. The summed E-state index contributed by atoms with van der Waals surface area (Å²) in [5.41, 5.74) is 0. The molecule has 0 unspecified atom stereocenters. The normalized spacial score (nSPS) is 22.6. The molecular formula is C38H92N6O2S. The minimum atomic E-state index is 0. The van der Waals surface area contributed by atoms with Crippen LogP contribution in [0.3, 0.4) is 0 Å². The van der Waals surface area contributed by atoms with Gasteiger partial charge in [-0.25, -0.2) is 0 Å². The van der Waals surface area contributed by atoms with Gasteiger partial charge in [-0.05, 0) is 120 Å². The second-order valence-electron chi connectivity index (χ2n) is 12.9. The summed E-state index contributed by atoms with van der Waals surface area (Å²) in [4.78, 5) is 14.0. The number of thioether (sulfide) groups is 1. The number of ether oxygens (including phenoxy) is 2. The summed E-state index contributed by atoms with van der Waals surface area (Å²) in [6.45, 7) is 17.3. The summed E-state index contributed by atoms with van der Waals surface area (Å²) in [5.74, 6) is 2.66. The van der Waals surface area contributed by atoms with E-state index in [0.29, 0.717) is 0 Å². The molecule has 8 nitrogen and oxygen atoms in total. The highest BCUT2D eigenvalue weighted by atomic mass is 32.2. The molecule has 6 fully saturated rings. The van der Waals surface area contributed by atoms with Crippen molar-refractivity contribution in [2.24, 2.45) is 0 Å². The van der Waals surface area contributed by atoms with Gasteiger partial charge in [0.2, 0.25) is 0 Å². The average molecular weight is 697 g/mol. The average Bonchev–Trinajstić information content (AvgIpc) is 3.36. The first-order chi connectivity index (χ1) is 20.4. The lowest BCUT2D eigenvalue weighted by molar-refractivity contribution is 0.0503. The molecule has 0 aliphatic carbocycles. The van der Waals surface area contributed by atoms with Gasteiger partial charge in [-0.2, -0.15) is 11.8 Å². The zero-order valence-electron chi connectivity index (χ0n) is 29.0. The fourth-order valence-corrected chi connectivity index (χ4v) is 6.23. The molecule has 0 amide bonds. The Balaban J connectivity index is -0.000000147. The standard InChI is InChI=1S/C7H15N.2C6H13N.C5H11NO.C5H11NS.C4H9NO.5CH4/c1-8-6-4-2-3-5-7-8;2*1-7-5-3-2-4-6-7;2*1-6-2-4-7-5-3-6;1-5-2-3-6-4-5;;;;;/h2-7H2,1H3;2*2-6H2,1H3;2*2-5H2,1H3;2-4H2,1H3;5*1H4. The lowest BCUT2D eigenvalue weighted by atomic mass is 10.1. The SMILES string of the molecule is C.C.C.C.C.CN1CCCCC1.CN1CCCCC1.CN1CCCCCC1.CN1CCOC1.CN1CCOCC1.CN1CCSCC1. The summed E-state index contributed by atoms with van der Waals surface area (Å²) in [7, 11) is 12.9. The Kier molecular flexibility index (Phi) is 48.6. The summed E-state index contributed by atoms with van der Waals surface area (Å²) in [6.07, 6.45) is 14.3. The minimum Gasteiger partial charge on any atom is -0.379 e. The molecule has 0 N–H and O–H groups in total. The van der Waals surface area contributed by atoms with Gasteiger partial charge in [0, 0.05) is 44.2 Å². The van der Waals surface area contributed by atoms with Crippen molar-refractivity contribution in [1.29, 1.82) is 0 Å². The topological polar surface area (TPSA) is 37.9 Å². The Hall–Kier alpha value is 0.0300. The van der Waals surface area contributed by atoms with E-state index < -0.39 is 0 Å². The molecular weight excluding hydrogens is 605 g/mol. The number of likely N-dealkylation sites (tertiary alicyclic amines) is 3. The fourth-order valence-electron chi connectivity index (χ4n) is 5.15. The van der Waals surface area contributed by atoms with Crippen LogP contribution in [0.5, 0.6) is 0 Å². The number of hydrogen-bond donors (Lipinski definition) is 0. The van der Waals surface area contributed by atoms with E-state index in [1.165, 1.54) is 128 Å². The van der Waals surface area contributed by atoms with Crippen molar-refractivity contribution in [3.63, 3.8) is 0 Å². The van der Waals surface area contributed by atoms with E-state index in [0.717, 1.165) is 46.2 Å². The van der Waals surface area contributed by atoms with Crippen molar-refractivity contribution < 1.29 is 9.47 Å². The molecule has 6 rings (SSSR count). The van der Waals surface area contributed by atoms with Crippen molar-refractivity contribution in [1.82, 2.24) is 29.4 Å². The first-order valence-electron chi connectivity index (χ1n) is 17.2. The molecule has 0 saturated carbocycles. The van der Waals surface area contributed by atoms with Gasteiger partial charge in [0.25, 0.3) is 0 Å². The fraction of sp³-hybridized carbons (Fsp3) is 1.00. The molecule has 6 saturated heterocycles. The minimum absolute atomic E-state index is 0. The third kappa shape index (κ3) is 38.7. The molecule has 0 bridgehead atoms. The van der Waals surface area contributed by atoms with Gasteiger partial charge in [-0.1, -0.05) is 62.8 Å². The number of likely N-dealkylation sites (N-methyl/N-ethyl adjacent to an activating group) is 2. The third-order valence-corrected chi connectivity index (χ3v) is 9.33. The number of morpholine rings is 1. The highest BCUT2D eigenvalue weighted by Crippen LogP contribution is 2.07. The van der Waals surface area contributed by atoms with E-state index in [2.05, 4.69) is 76.4 Å². The van der Waals surface area contributed by atoms with E-state index in [1.54, 1.807) is 0 Å². The van der Waals surface area contributed by atoms with Crippen molar-refractivity contribution in [3.8, 4) is 0 Å². The van der Waals surface area contributed by atoms with E-state index >= 15 is 0 Å². The summed E-state index contributed by atoms with van der Waals surface area (Å²) in [6, 6.07) is 0. The summed E-state index contributed by atoms with van der Waals surface area (Å²) in [5, 5.41) is 0. The second kappa shape index (κ2) is 40.5. The monoisotopic (exact) mass is 697 g/mol. The molecule has 6 aliphatic heterocycles. The Labute approximate surface area is 303 Å². The number of rotatable bonds is 0. The zero-order valence-corrected chi connectivity index (χ0v) is 29.8. The first kappa shape index (κ1) is 56.4. The highest BCUT2D eigenvalue weighted by Gasteiger charge is 2.05. The van der Waals surface area contributed by atoms with E-state index in [4.69, 9.17) is 9.47 Å². The van der Waals surface area contributed by atoms with Gasteiger partial charge >= 0.3 is 0 Å². The number of nitrogens with zero attached hydrogens (tertiary/aromatic N) is 6. The maximum Gasteiger partial charge on any atom is 0.0989 e. The molecule has 0 spiro atoms. The third-order valence-electron chi connectivity index (χ3n) is 8.39. The van der Waals surface area contributed by atoms with Crippen LogP contribution in [0.25, 0.3) is 0 Å². The van der Waals surface area contributed by atoms with E-state index in [9.17, 15) is 0 Å². The molecule has 0 atom stereocenters. The van der Waals surface area contributed by atoms with Gasteiger partial charge in [-0.3, -0.25) is 4.90 Å². The van der Waals surface area contributed by atoms with Crippen LogP contribution in [0.15, 0.2) is 0 Å². The molecule has 9 heteroatoms. The smallest absolute Gasteiger partial charge is 0.0989 e. The predicted octanol–water partition coefficient (Wildman–Crippen LogP) is 7.40. The number of hydrogen-bond acceptors (Lipinski definition) is 9. The van der Waals surface area contributed by atoms with Gasteiger partial charge in [0.15, 0.2) is 0 Å². The van der Waals surface area contributed by atoms with Crippen molar-refractivity contribution in [2.45, 2.75) is 101 Å². The van der Waals surface area contributed by atoms with Crippen molar-refractivity contribution in [2.75, 3.05) is 152 Å². The van der Waals surface area contributed by atoms with Crippen LogP contribution in [0.4, 0.5) is 0 Å². The van der Waals surface area contributed by atoms with E-state index in [-0.39, 0.29) is 37.1 Å². The lowest BCUT2D eigenvalue weighted by Crippen LogP contribution is -2.32. The highest BCUT2D eigenvalue weighted by molar-refractivity contribution is 7.99. The Bertz CT molecular complexity index is 478. The lowest BCUT2D eigenvalue weighted by Gasteiger charge is -2.21. The molecule has 47 heavy (non-hydrogen) atoms. The molecule has 6 aliphatic rings. The largest absolute Gasteiger partial charge is 0.379 e. The van der Waals surface area contributed by atoms with E-state index in [1.807, 2.05) is 7.05 Å². The van der Waals surface area contributed by atoms with Crippen LogP contribution in [-0.2, 0) is 9.47 Å². The quantitative estimate of drug-likeness (QED) is 0.258. The van der Waals surface area contributed by atoms with Gasteiger partial charge in [0.05, 0.1) is 26.6 Å². The molecule has 0 aromatic heterocycles. The van der Waals surface area contributed by atoms with Crippen LogP contribution < -0.4 is 0 Å². The number of piperidine rings is 2. The first-order valence-corrected chi connectivity index (χ1v) is 18.4. The Morgan fingerprint density at radius 3 is 0.809 bits per heavy atom. The Morgan fingerprint density at radius 2 is 0.596 bits per heavy atom. The summed E-state index contributed by atoms with van der Waals surface area (Å²) < 4.78 is 10.1. The second-order valence-corrected chi connectivity index (χ2v) is 14.1. The predicted molar refractivity (Wildman–Crippen MR) is 219 cm³/mol. The van der Waals surface area contributed by atoms with Crippen LogP contribution in [-0.4, -0.2) is 182 Å². The van der Waals surface area contributed by atoms with Crippen LogP contribution >= 0.6 is 11.8 Å². The molecule has 0 aromatic rings. The van der Waals surface area contributed by atoms with Crippen molar-refractivity contribution in [3.05, 3.63) is 0 Å². The molecule has 0 aromatic carbocycles. The molecule has 292 valence electrons. The maximum absolute atomic E-state index is 5.10.